The molecule has 0 spiro atoms. The molecule has 0 bridgehead atoms. The minimum Gasteiger partial charge on any atom is -0.389 e. The number of aliphatic hydroxyl groups is 1. The van der Waals surface area contributed by atoms with Gasteiger partial charge in [-0.05, 0) is 12.5 Å². The highest BCUT2D eigenvalue weighted by atomic mass is 16.5. The van der Waals surface area contributed by atoms with Crippen molar-refractivity contribution in [3.05, 3.63) is 35.9 Å². The van der Waals surface area contributed by atoms with E-state index in [0.29, 0.717) is 26.4 Å². The van der Waals surface area contributed by atoms with Crippen LogP contribution in [0, 0.1) is 0 Å². The van der Waals surface area contributed by atoms with Crippen molar-refractivity contribution in [3.63, 3.8) is 0 Å². The summed E-state index contributed by atoms with van der Waals surface area (Å²) in [7, 11) is 0. The lowest BCUT2D eigenvalue weighted by molar-refractivity contribution is -0.0319. The second kappa shape index (κ2) is 7.60. The third-order valence-electron chi connectivity index (χ3n) is 3.33. The Balaban J connectivity index is 1.74. The normalized spacial score (nSPS) is 23.9. The summed E-state index contributed by atoms with van der Waals surface area (Å²) in [6, 6.07) is 10.3. The first-order chi connectivity index (χ1) is 9.29. The summed E-state index contributed by atoms with van der Waals surface area (Å²) in [4.78, 5) is 2.23. The van der Waals surface area contributed by atoms with Crippen LogP contribution in [0.3, 0.4) is 0 Å². The van der Waals surface area contributed by atoms with Crippen molar-refractivity contribution >= 4 is 0 Å². The van der Waals surface area contributed by atoms with Crippen LogP contribution in [0.15, 0.2) is 30.3 Å². The largest absolute Gasteiger partial charge is 0.389 e. The van der Waals surface area contributed by atoms with E-state index in [1.165, 1.54) is 5.56 Å². The zero-order chi connectivity index (χ0) is 13.5. The zero-order valence-corrected chi connectivity index (χ0v) is 11.5. The van der Waals surface area contributed by atoms with Gasteiger partial charge in [0.2, 0.25) is 0 Å². The van der Waals surface area contributed by atoms with Gasteiger partial charge < -0.3 is 14.6 Å². The molecule has 1 N–H and O–H groups in total. The van der Waals surface area contributed by atoms with Gasteiger partial charge in [0.25, 0.3) is 0 Å². The van der Waals surface area contributed by atoms with Crippen molar-refractivity contribution in [3.8, 4) is 0 Å². The summed E-state index contributed by atoms with van der Waals surface area (Å²) in [5, 5.41) is 9.99. The number of likely N-dealkylation sites (tertiary alicyclic amines) is 1. The first-order valence-electron chi connectivity index (χ1n) is 6.93. The monoisotopic (exact) mass is 265 g/mol. The average Bonchev–Trinajstić information content (AvgIpc) is 2.76. The Morgan fingerprint density at radius 3 is 2.74 bits per heavy atom. The van der Waals surface area contributed by atoms with Gasteiger partial charge in [-0.3, -0.25) is 4.90 Å². The number of β-amino-alcohol motifs (C(OH)–C–C–N with tert-alkyl or cyclic N) is 1. The molecule has 1 aliphatic heterocycles. The molecule has 106 valence electrons. The van der Waals surface area contributed by atoms with Crippen molar-refractivity contribution in [2.45, 2.75) is 25.7 Å². The molecule has 1 saturated heterocycles. The second-order valence-corrected chi connectivity index (χ2v) is 4.85. The van der Waals surface area contributed by atoms with Gasteiger partial charge in [-0.2, -0.15) is 0 Å². The van der Waals surface area contributed by atoms with Crippen molar-refractivity contribution < 1.29 is 14.6 Å². The Morgan fingerprint density at radius 1 is 1.21 bits per heavy atom. The highest BCUT2D eigenvalue weighted by Gasteiger charge is 2.31. The van der Waals surface area contributed by atoms with E-state index in [0.717, 1.165) is 13.1 Å². The minimum atomic E-state index is -0.398. The van der Waals surface area contributed by atoms with E-state index in [4.69, 9.17) is 9.47 Å². The molecule has 1 aliphatic rings. The van der Waals surface area contributed by atoms with Crippen LogP contribution in [0.25, 0.3) is 0 Å². The Morgan fingerprint density at radius 2 is 2.00 bits per heavy atom. The standard InChI is InChI=1S/C15H23NO3/c1-2-18-8-9-19-15-12-16(11-14(15)17)10-13-6-4-3-5-7-13/h3-7,14-15,17H,2,8-12H2,1H3/t14-,15-/m1/s1. The number of hydrogen-bond donors (Lipinski definition) is 1. The fraction of sp³-hybridized carbons (Fsp3) is 0.600. The van der Waals surface area contributed by atoms with E-state index in [-0.39, 0.29) is 6.10 Å². The molecular weight excluding hydrogens is 242 g/mol. The lowest BCUT2D eigenvalue weighted by Crippen LogP contribution is -2.28. The summed E-state index contributed by atoms with van der Waals surface area (Å²) in [6.07, 6.45) is -0.491. The zero-order valence-electron chi connectivity index (χ0n) is 11.5. The van der Waals surface area contributed by atoms with Gasteiger partial charge >= 0.3 is 0 Å². The number of aliphatic hydroxyl groups excluding tert-OH is 1. The van der Waals surface area contributed by atoms with Gasteiger partial charge in [-0.1, -0.05) is 30.3 Å². The van der Waals surface area contributed by atoms with E-state index >= 15 is 0 Å². The SMILES string of the molecule is CCOCCO[C@@H]1CN(Cc2ccccc2)C[C@H]1O. The van der Waals surface area contributed by atoms with Crippen LogP contribution in [0.4, 0.5) is 0 Å². The number of nitrogens with zero attached hydrogens (tertiary/aromatic N) is 1. The maximum Gasteiger partial charge on any atom is 0.0974 e. The van der Waals surface area contributed by atoms with Crippen LogP contribution < -0.4 is 0 Å². The highest BCUT2D eigenvalue weighted by molar-refractivity contribution is 5.14. The van der Waals surface area contributed by atoms with Gasteiger partial charge in [0.05, 0.1) is 25.4 Å². The molecule has 2 rings (SSSR count). The second-order valence-electron chi connectivity index (χ2n) is 4.85. The third-order valence-corrected chi connectivity index (χ3v) is 3.33. The molecule has 0 amide bonds. The maximum absolute atomic E-state index is 9.99. The van der Waals surface area contributed by atoms with E-state index in [2.05, 4.69) is 17.0 Å². The average molecular weight is 265 g/mol. The lowest BCUT2D eigenvalue weighted by atomic mass is 10.2. The first kappa shape index (κ1) is 14.5. The molecule has 0 saturated carbocycles. The van der Waals surface area contributed by atoms with E-state index in [9.17, 15) is 5.11 Å². The predicted octanol–water partition coefficient (Wildman–Crippen LogP) is 1.28. The van der Waals surface area contributed by atoms with Crippen LogP contribution >= 0.6 is 0 Å². The predicted molar refractivity (Wildman–Crippen MR) is 74.0 cm³/mol. The summed E-state index contributed by atoms with van der Waals surface area (Å²) in [6.45, 7) is 6.13. The molecule has 2 atom stereocenters. The fourth-order valence-electron chi connectivity index (χ4n) is 2.37. The summed E-state index contributed by atoms with van der Waals surface area (Å²) >= 11 is 0. The Labute approximate surface area is 114 Å². The van der Waals surface area contributed by atoms with Crippen molar-refractivity contribution in [2.75, 3.05) is 32.9 Å². The number of rotatable bonds is 7. The van der Waals surface area contributed by atoms with Gasteiger partial charge in [0.15, 0.2) is 0 Å². The quantitative estimate of drug-likeness (QED) is 0.754. The van der Waals surface area contributed by atoms with Crippen molar-refractivity contribution in [1.29, 1.82) is 0 Å². The molecule has 19 heavy (non-hydrogen) atoms. The van der Waals surface area contributed by atoms with Gasteiger partial charge in [-0.15, -0.1) is 0 Å². The molecule has 1 aromatic rings. The highest BCUT2D eigenvalue weighted by Crippen LogP contribution is 2.16. The topological polar surface area (TPSA) is 41.9 Å². The van der Waals surface area contributed by atoms with Crippen LogP contribution in [0.2, 0.25) is 0 Å². The number of ether oxygens (including phenoxy) is 2. The van der Waals surface area contributed by atoms with Crippen LogP contribution in [0.1, 0.15) is 12.5 Å². The van der Waals surface area contributed by atoms with E-state index in [1.807, 2.05) is 25.1 Å². The Kier molecular flexibility index (Phi) is 5.79. The Bertz CT molecular complexity index is 358. The molecule has 0 unspecified atom stereocenters. The van der Waals surface area contributed by atoms with Crippen LogP contribution in [0.5, 0.6) is 0 Å². The van der Waals surface area contributed by atoms with Crippen LogP contribution in [-0.4, -0.2) is 55.1 Å². The van der Waals surface area contributed by atoms with Gasteiger partial charge in [0.1, 0.15) is 0 Å². The van der Waals surface area contributed by atoms with Crippen LogP contribution in [-0.2, 0) is 16.0 Å². The molecule has 0 radical (unpaired) electrons. The van der Waals surface area contributed by atoms with Crippen molar-refractivity contribution in [1.82, 2.24) is 4.90 Å². The molecule has 4 nitrogen and oxygen atoms in total. The third kappa shape index (κ3) is 4.58. The lowest BCUT2D eigenvalue weighted by Gasteiger charge is -2.16. The number of hydrogen-bond acceptors (Lipinski definition) is 4. The van der Waals surface area contributed by atoms with E-state index in [1.54, 1.807) is 0 Å². The molecule has 1 heterocycles. The van der Waals surface area contributed by atoms with Crippen molar-refractivity contribution in [2.24, 2.45) is 0 Å². The molecular formula is C15H23NO3. The maximum atomic E-state index is 9.99. The van der Waals surface area contributed by atoms with Gasteiger partial charge in [-0.25, -0.2) is 0 Å². The molecule has 4 heteroatoms. The Hall–Kier alpha value is -0.940. The molecule has 1 fully saturated rings. The fourth-order valence-corrected chi connectivity index (χ4v) is 2.37. The first-order valence-corrected chi connectivity index (χ1v) is 6.93. The number of benzene rings is 1. The summed E-state index contributed by atoms with van der Waals surface area (Å²) in [5.74, 6) is 0. The smallest absolute Gasteiger partial charge is 0.0974 e. The molecule has 1 aromatic carbocycles. The molecule has 0 aliphatic carbocycles. The summed E-state index contributed by atoms with van der Waals surface area (Å²) < 4.78 is 10.9. The molecule has 0 aromatic heterocycles. The van der Waals surface area contributed by atoms with Gasteiger partial charge in [0, 0.05) is 26.2 Å². The van der Waals surface area contributed by atoms with E-state index < -0.39 is 6.10 Å². The minimum absolute atomic E-state index is 0.0934. The summed E-state index contributed by atoms with van der Waals surface area (Å²) in [5.41, 5.74) is 1.27.